The molecule has 1 aromatic carbocycles. The Balaban J connectivity index is 2.15. The summed E-state index contributed by atoms with van der Waals surface area (Å²) in [7, 11) is 0. The highest BCUT2D eigenvalue weighted by atomic mass is 16.2. The van der Waals surface area contributed by atoms with Gasteiger partial charge in [0.25, 0.3) is 0 Å². The Morgan fingerprint density at radius 1 is 1.17 bits per heavy atom. The summed E-state index contributed by atoms with van der Waals surface area (Å²) in [4.78, 5) is 22.8. The minimum absolute atomic E-state index is 0.127. The molecule has 0 atom stereocenters. The van der Waals surface area contributed by atoms with Gasteiger partial charge in [0, 0.05) is 6.54 Å². The minimum atomic E-state index is -0.275. The van der Waals surface area contributed by atoms with Crippen molar-refractivity contribution in [2.24, 2.45) is 0 Å². The number of hydrogen-bond donors (Lipinski definition) is 3. The molecule has 0 spiro atoms. The van der Waals surface area contributed by atoms with Gasteiger partial charge in [-0.2, -0.15) is 0 Å². The van der Waals surface area contributed by atoms with Gasteiger partial charge in [-0.3, -0.25) is 9.59 Å². The topological polar surface area (TPSA) is 70.2 Å². The summed E-state index contributed by atoms with van der Waals surface area (Å²) >= 11 is 0. The molecule has 5 heteroatoms. The monoisotopic (exact) mass is 247 g/mol. The van der Waals surface area contributed by atoms with E-state index < -0.39 is 0 Å². The quantitative estimate of drug-likeness (QED) is 0.557. The molecule has 1 aliphatic rings. The molecule has 1 aromatic rings. The number of carbonyl (C=O) groups excluding carboxylic acids is 2. The van der Waals surface area contributed by atoms with Gasteiger partial charge >= 0.3 is 0 Å². The van der Waals surface area contributed by atoms with Crippen LogP contribution in [-0.2, 0) is 16.1 Å². The van der Waals surface area contributed by atoms with Crippen LogP contribution in [0.1, 0.15) is 25.3 Å². The number of rotatable bonds is 4. The molecule has 96 valence electrons. The van der Waals surface area contributed by atoms with E-state index in [0.29, 0.717) is 11.4 Å². The Morgan fingerprint density at radius 3 is 2.61 bits per heavy atom. The zero-order chi connectivity index (χ0) is 13.0. The minimum Gasteiger partial charge on any atom is -0.324 e. The summed E-state index contributed by atoms with van der Waals surface area (Å²) < 4.78 is 0. The van der Waals surface area contributed by atoms with Crippen molar-refractivity contribution < 1.29 is 9.59 Å². The van der Waals surface area contributed by atoms with E-state index in [-0.39, 0.29) is 18.2 Å². The predicted octanol–water partition coefficient (Wildman–Crippen LogP) is 1.47. The van der Waals surface area contributed by atoms with E-state index in [2.05, 4.69) is 22.9 Å². The van der Waals surface area contributed by atoms with Crippen LogP contribution in [0.3, 0.4) is 0 Å². The highest BCUT2D eigenvalue weighted by Gasteiger charge is 2.18. The molecule has 5 nitrogen and oxygen atoms in total. The molecule has 0 saturated carbocycles. The first kappa shape index (κ1) is 12.6. The maximum atomic E-state index is 11.4. The summed E-state index contributed by atoms with van der Waals surface area (Å²) in [6, 6.07) is 5.66. The van der Waals surface area contributed by atoms with Crippen LogP contribution in [0.25, 0.3) is 0 Å². The van der Waals surface area contributed by atoms with Crippen molar-refractivity contribution in [2.75, 3.05) is 17.2 Å². The number of amides is 2. The molecule has 0 unspecified atom stereocenters. The maximum absolute atomic E-state index is 11.4. The third-order valence-corrected chi connectivity index (χ3v) is 2.71. The Bertz CT molecular complexity index is 471. The first-order chi connectivity index (χ1) is 8.69. The summed E-state index contributed by atoms with van der Waals surface area (Å²) in [5.74, 6) is -0.548. The molecule has 3 N–H and O–H groups in total. The average molecular weight is 247 g/mol. The van der Waals surface area contributed by atoms with Gasteiger partial charge in [0.15, 0.2) is 0 Å². The van der Waals surface area contributed by atoms with Crippen molar-refractivity contribution in [1.82, 2.24) is 5.32 Å². The lowest BCUT2D eigenvalue weighted by atomic mass is 10.1. The lowest BCUT2D eigenvalue weighted by Crippen LogP contribution is -2.16. The molecule has 2 rings (SSSR count). The van der Waals surface area contributed by atoms with Gasteiger partial charge in [0.1, 0.15) is 6.42 Å². The number of anilines is 2. The second-order valence-electron chi connectivity index (χ2n) is 4.33. The summed E-state index contributed by atoms with van der Waals surface area (Å²) in [6.07, 6.45) is 0.954. The first-order valence-electron chi connectivity index (χ1n) is 6.12. The largest absolute Gasteiger partial charge is 0.324 e. The molecule has 0 aliphatic carbocycles. The van der Waals surface area contributed by atoms with E-state index in [1.165, 1.54) is 0 Å². The van der Waals surface area contributed by atoms with Gasteiger partial charge in [-0.05, 0) is 30.7 Å². The molecule has 2 amide bonds. The third kappa shape index (κ3) is 3.07. The SMILES string of the molecule is CCCNCc1ccc2c(c1)NC(=O)CC(=O)N2. The fraction of sp³-hybridized carbons (Fsp3) is 0.385. The number of hydrogen-bond acceptors (Lipinski definition) is 3. The van der Waals surface area contributed by atoms with Gasteiger partial charge in [0.2, 0.25) is 11.8 Å². The number of nitrogens with one attached hydrogen (secondary N) is 3. The smallest absolute Gasteiger partial charge is 0.233 e. The zero-order valence-electron chi connectivity index (χ0n) is 10.4. The number of benzene rings is 1. The maximum Gasteiger partial charge on any atom is 0.233 e. The highest BCUT2D eigenvalue weighted by molar-refractivity contribution is 6.13. The van der Waals surface area contributed by atoms with Crippen molar-refractivity contribution in [3.8, 4) is 0 Å². The average Bonchev–Trinajstić information content (AvgIpc) is 2.45. The predicted molar refractivity (Wildman–Crippen MR) is 70.3 cm³/mol. The van der Waals surface area contributed by atoms with Crippen molar-refractivity contribution in [2.45, 2.75) is 26.3 Å². The van der Waals surface area contributed by atoms with E-state index >= 15 is 0 Å². The van der Waals surface area contributed by atoms with E-state index in [1.807, 2.05) is 18.2 Å². The van der Waals surface area contributed by atoms with Crippen LogP contribution in [0.5, 0.6) is 0 Å². The van der Waals surface area contributed by atoms with E-state index in [1.54, 1.807) is 0 Å². The van der Waals surface area contributed by atoms with E-state index in [9.17, 15) is 9.59 Å². The van der Waals surface area contributed by atoms with Crippen LogP contribution in [0.2, 0.25) is 0 Å². The Morgan fingerprint density at radius 2 is 1.89 bits per heavy atom. The summed E-state index contributed by atoms with van der Waals surface area (Å²) in [5.41, 5.74) is 2.41. The Labute approximate surface area is 106 Å². The van der Waals surface area contributed by atoms with Crippen molar-refractivity contribution in [3.63, 3.8) is 0 Å². The number of carbonyl (C=O) groups is 2. The van der Waals surface area contributed by atoms with Crippen LogP contribution in [0.4, 0.5) is 11.4 Å². The molecule has 1 aliphatic heterocycles. The second kappa shape index (κ2) is 5.64. The highest BCUT2D eigenvalue weighted by Crippen LogP contribution is 2.25. The molecule has 18 heavy (non-hydrogen) atoms. The fourth-order valence-corrected chi connectivity index (χ4v) is 1.86. The Hall–Kier alpha value is -1.88. The second-order valence-corrected chi connectivity index (χ2v) is 4.33. The first-order valence-corrected chi connectivity index (χ1v) is 6.12. The van der Waals surface area contributed by atoms with Gasteiger partial charge in [-0.25, -0.2) is 0 Å². The van der Waals surface area contributed by atoms with E-state index in [0.717, 1.165) is 25.1 Å². The molecular weight excluding hydrogens is 230 g/mol. The standard InChI is InChI=1S/C13H17N3O2/c1-2-5-14-8-9-3-4-10-11(6-9)16-13(18)7-12(17)15-10/h3-4,6,14H,2,5,7-8H2,1H3,(H,15,17)(H,16,18). The lowest BCUT2D eigenvalue weighted by molar-refractivity contribution is -0.123. The zero-order valence-corrected chi connectivity index (χ0v) is 10.4. The summed E-state index contributed by atoms with van der Waals surface area (Å²) in [6.45, 7) is 3.82. The molecular formula is C13H17N3O2. The molecule has 0 fully saturated rings. The molecule has 1 heterocycles. The normalized spacial score (nSPS) is 14.5. The molecule has 0 bridgehead atoms. The van der Waals surface area contributed by atoms with Gasteiger partial charge in [-0.1, -0.05) is 13.0 Å². The lowest BCUT2D eigenvalue weighted by Gasteiger charge is -2.10. The van der Waals surface area contributed by atoms with Crippen LogP contribution >= 0.6 is 0 Å². The fourth-order valence-electron chi connectivity index (χ4n) is 1.86. The van der Waals surface area contributed by atoms with Crippen molar-refractivity contribution in [3.05, 3.63) is 23.8 Å². The number of fused-ring (bicyclic) bond motifs is 1. The van der Waals surface area contributed by atoms with Crippen molar-refractivity contribution >= 4 is 23.2 Å². The molecule has 0 aromatic heterocycles. The Kier molecular flexibility index (Phi) is 3.94. The van der Waals surface area contributed by atoms with E-state index in [4.69, 9.17) is 0 Å². The van der Waals surface area contributed by atoms with Gasteiger partial charge in [0.05, 0.1) is 11.4 Å². The van der Waals surface area contributed by atoms with Crippen molar-refractivity contribution in [1.29, 1.82) is 0 Å². The molecule has 0 radical (unpaired) electrons. The van der Waals surface area contributed by atoms with Gasteiger partial charge < -0.3 is 16.0 Å². The molecule has 0 saturated heterocycles. The van der Waals surface area contributed by atoms with Crippen LogP contribution in [0.15, 0.2) is 18.2 Å². The third-order valence-electron chi connectivity index (χ3n) is 2.71. The van der Waals surface area contributed by atoms with Crippen LogP contribution in [0, 0.1) is 0 Å². The van der Waals surface area contributed by atoms with Crippen LogP contribution < -0.4 is 16.0 Å². The van der Waals surface area contributed by atoms with Crippen LogP contribution in [-0.4, -0.2) is 18.4 Å². The van der Waals surface area contributed by atoms with Gasteiger partial charge in [-0.15, -0.1) is 0 Å². The summed E-state index contributed by atoms with van der Waals surface area (Å²) in [5, 5.41) is 8.73.